The lowest BCUT2D eigenvalue weighted by molar-refractivity contribution is -0.137. The summed E-state index contributed by atoms with van der Waals surface area (Å²) in [5, 5.41) is 15.1. The summed E-state index contributed by atoms with van der Waals surface area (Å²) in [4.78, 5) is 19.8. The highest BCUT2D eigenvalue weighted by Crippen LogP contribution is 2.43. The number of aromatic nitrogens is 4. The molecule has 5 rings (SSSR count). The summed E-state index contributed by atoms with van der Waals surface area (Å²) in [7, 11) is 0. The van der Waals surface area contributed by atoms with E-state index in [2.05, 4.69) is 19.7 Å². The highest BCUT2D eigenvalue weighted by atomic mass is 35.5. The van der Waals surface area contributed by atoms with Crippen molar-refractivity contribution in [2.24, 2.45) is 0 Å². The summed E-state index contributed by atoms with van der Waals surface area (Å²) in [5.41, 5.74) is 4.08. The number of pyridine rings is 1. The van der Waals surface area contributed by atoms with Crippen LogP contribution < -0.4 is 0 Å². The van der Waals surface area contributed by atoms with E-state index >= 15 is 0 Å². The summed E-state index contributed by atoms with van der Waals surface area (Å²) < 4.78 is 7.54. The third-order valence-electron chi connectivity index (χ3n) is 5.40. The zero-order chi connectivity index (χ0) is 21.0. The van der Waals surface area contributed by atoms with Crippen molar-refractivity contribution in [1.82, 2.24) is 19.7 Å². The van der Waals surface area contributed by atoms with Gasteiger partial charge < -0.3 is 14.2 Å². The average Bonchev–Trinajstić information content (AvgIpc) is 3.38. The topological polar surface area (TPSA) is 94.0 Å². The van der Waals surface area contributed by atoms with E-state index in [1.165, 1.54) is 0 Å². The van der Waals surface area contributed by atoms with Gasteiger partial charge in [0, 0.05) is 45.9 Å². The van der Waals surface area contributed by atoms with E-state index in [1.807, 2.05) is 31.2 Å². The molecule has 4 heterocycles. The second kappa shape index (κ2) is 7.11. The second-order valence-corrected chi connectivity index (χ2v) is 8.17. The number of rotatable bonds is 4. The van der Waals surface area contributed by atoms with E-state index in [0.717, 1.165) is 40.8 Å². The predicted molar refractivity (Wildman–Crippen MR) is 113 cm³/mol. The monoisotopic (exact) mass is 442 g/mol. The van der Waals surface area contributed by atoms with E-state index < -0.39 is 5.97 Å². The Bertz CT molecular complexity index is 1290. The molecule has 0 aliphatic carbocycles. The maximum absolute atomic E-state index is 11.2. The minimum atomic E-state index is -0.818. The van der Waals surface area contributed by atoms with Gasteiger partial charge in [-0.2, -0.15) is 4.98 Å². The zero-order valence-electron chi connectivity index (χ0n) is 15.9. The van der Waals surface area contributed by atoms with E-state index in [1.54, 1.807) is 6.07 Å². The molecule has 0 amide bonds. The van der Waals surface area contributed by atoms with Crippen LogP contribution in [-0.2, 0) is 11.3 Å². The van der Waals surface area contributed by atoms with Gasteiger partial charge in [-0.1, -0.05) is 28.4 Å². The fourth-order valence-corrected chi connectivity index (χ4v) is 4.81. The first-order valence-electron chi connectivity index (χ1n) is 9.43. The van der Waals surface area contributed by atoms with Crippen LogP contribution in [0.3, 0.4) is 0 Å². The van der Waals surface area contributed by atoms with Gasteiger partial charge in [0.05, 0.1) is 11.4 Å². The molecule has 0 radical (unpaired) electrons. The summed E-state index contributed by atoms with van der Waals surface area (Å²) in [6, 6.07) is 9.29. The van der Waals surface area contributed by atoms with Crippen LogP contribution in [0.15, 0.2) is 34.9 Å². The lowest BCUT2D eigenvalue weighted by Gasteiger charge is -2.06. The quantitative estimate of drug-likeness (QED) is 0.429. The van der Waals surface area contributed by atoms with E-state index in [-0.39, 0.29) is 12.3 Å². The molecule has 9 heteroatoms. The van der Waals surface area contributed by atoms with Gasteiger partial charge >= 0.3 is 5.97 Å². The Morgan fingerprint density at radius 3 is 2.83 bits per heavy atom. The highest BCUT2D eigenvalue weighted by Gasteiger charge is 2.30. The van der Waals surface area contributed by atoms with Crippen LogP contribution in [0.4, 0.5) is 0 Å². The smallest absolute Gasteiger partial charge is 0.304 e. The molecule has 0 saturated heterocycles. The molecule has 4 aromatic rings. The van der Waals surface area contributed by atoms with Crippen LogP contribution in [0, 0.1) is 6.92 Å². The van der Waals surface area contributed by atoms with Crippen molar-refractivity contribution < 1.29 is 14.4 Å². The molecule has 1 aliphatic rings. The van der Waals surface area contributed by atoms with Gasteiger partial charge in [-0.25, -0.2) is 4.98 Å². The Hall–Kier alpha value is -2.90. The number of carbonyl (C=O) groups is 1. The molecule has 1 N–H and O–H groups in total. The number of hydrogen-bond donors (Lipinski definition) is 1. The van der Waals surface area contributed by atoms with Gasteiger partial charge in [-0.15, -0.1) is 0 Å². The summed E-state index contributed by atoms with van der Waals surface area (Å²) in [6.45, 7) is 2.59. The number of carboxylic acids is 1. The number of nitrogens with zero attached hydrogens (tertiary/aromatic N) is 4. The van der Waals surface area contributed by atoms with Crippen molar-refractivity contribution in [1.29, 1.82) is 0 Å². The van der Waals surface area contributed by atoms with Crippen LogP contribution in [0.25, 0.3) is 33.7 Å². The van der Waals surface area contributed by atoms with Gasteiger partial charge in [0.1, 0.15) is 5.15 Å². The van der Waals surface area contributed by atoms with Crippen molar-refractivity contribution in [2.45, 2.75) is 32.2 Å². The molecule has 30 heavy (non-hydrogen) atoms. The SMILES string of the molecule is Cc1cc(-c2nc(-c3ccc4c(c3)c(Cl)c3n4CCC3CC(=O)O)no2)cc(Cl)n1. The molecule has 0 fully saturated rings. The third kappa shape index (κ3) is 3.14. The van der Waals surface area contributed by atoms with E-state index in [0.29, 0.717) is 27.5 Å². The number of halogens is 2. The number of aliphatic carboxylic acids is 1. The predicted octanol–water partition coefficient (Wildman–Crippen LogP) is 5.33. The van der Waals surface area contributed by atoms with Crippen molar-refractivity contribution >= 4 is 40.1 Å². The van der Waals surface area contributed by atoms with E-state index in [4.69, 9.17) is 27.7 Å². The number of fused-ring (bicyclic) bond motifs is 3. The summed E-state index contributed by atoms with van der Waals surface area (Å²) in [5.74, 6) is -0.116. The molecule has 1 aromatic carbocycles. The van der Waals surface area contributed by atoms with Gasteiger partial charge in [0.15, 0.2) is 0 Å². The Kier molecular flexibility index (Phi) is 4.52. The van der Waals surface area contributed by atoms with Crippen LogP contribution in [0.5, 0.6) is 0 Å². The minimum Gasteiger partial charge on any atom is -0.481 e. The molecule has 0 spiro atoms. The second-order valence-electron chi connectivity index (χ2n) is 7.41. The first kappa shape index (κ1) is 19.1. The van der Waals surface area contributed by atoms with Crippen molar-refractivity contribution in [3.05, 3.63) is 51.9 Å². The lowest BCUT2D eigenvalue weighted by Crippen LogP contribution is -2.03. The molecule has 7 nitrogen and oxygen atoms in total. The van der Waals surface area contributed by atoms with Crippen LogP contribution in [0.2, 0.25) is 10.2 Å². The first-order chi connectivity index (χ1) is 14.4. The van der Waals surface area contributed by atoms with Crippen LogP contribution in [0.1, 0.15) is 30.1 Å². The fourth-order valence-electron chi connectivity index (χ4n) is 4.15. The van der Waals surface area contributed by atoms with Crippen molar-refractivity contribution in [3.63, 3.8) is 0 Å². The molecule has 1 aliphatic heterocycles. The maximum atomic E-state index is 11.2. The highest BCUT2D eigenvalue weighted by molar-refractivity contribution is 6.36. The molecular weight excluding hydrogens is 427 g/mol. The summed E-state index contributed by atoms with van der Waals surface area (Å²) in [6.07, 6.45) is 0.853. The van der Waals surface area contributed by atoms with E-state index in [9.17, 15) is 9.90 Å². The lowest BCUT2D eigenvalue weighted by atomic mass is 10.00. The first-order valence-corrected chi connectivity index (χ1v) is 10.2. The minimum absolute atomic E-state index is 0.0744. The van der Waals surface area contributed by atoms with Gasteiger partial charge in [-0.3, -0.25) is 4.79 Å². The molecule has 0 bridgehead atoms. The maximum Gasteiger partial charge on any atom is 0.304 e. The number of carboxylic acid groups (broad SMARTS) is 1. The normalized spacial score (nSPS) is 15.6. The molecule has 1 unspecified atom stereocenters. The standard InChI is InChI=1S/C21H16Cl2N4O3/c1-10-6-13(8-16(22)24-10)21-25-20(26-30-21)12-2-3-15-14(7-12)18(23)19-11(9-17(28)29)4-5-27(15)19/h2-3,6-8,11H,4-5,9H2,1H3,(H,28,29). The Morgan fingerprint density at radius 2 is 2.07 bits per heavy atom. The van der Waals surface area contributed by atoms with Crippen LogP contribution in [-0.4, -0.2) is 30.8 Å². The largest absolute Gasteiger partial charge is 0.481 e. The average molecular weight is 443 g/mol. The molecule has 0 saturated carbocycles. The van der Waals surface area contributed by atoms with Crippen molar-refractivity contribution in [2.75, 3.05) is 0 Å². The molecule has 152 valence electrons. The van der Waals surface area contributed by atoms with Crippen LogP contribution >= 0.6 is 23.2 Å². The summed E-state index contributed by atoms with van der Waals surface area (Å²) >= 11 is 12.7. The van der Waals surface area contributed by atoms with Gasteiger partial charge in [0.25, 0.3) is 5.89 Å². The van der Waals surface area contributed by atoms with Gasteiger partial charge in [0.2, 0.25) is 5.82 Å². The Morgan fingerprint density at radius 1 is 1.23 bits per heavy atom. The Balaban J connectivity index is 1.55. The number of benzene rings is 1. The third-order valence-corrected chi connectivity index (χ3v) is 5.99. The van der Waals surface area contributed by atoms with Gasteiger partial charge in [-0.05, 0) is 43.7 Å². The van der Waals surface area contributed by atoms with Crippen molar-refractivity contribution in [3.8, 4) is 22.8 Å². The molecule has 1 atom stereocenters. The molecule has 3 aromatic heterocycles. The number of hydrogen-bond acceptors (Lipinski definition) is 5. The zero-order valence-corrected chi connectivity index (χ0v) is 17.4. The fraction of sp³-hybridized carbons (Fsp3) is 0.238. The number of aryl methyl sites for hydroxylation is 2. The molecular formula is C21H16Cl2N4O3. The Labute approximate surface area is 181 Å².